The third-order valence-corrected chi connectivity index (χ3v) is 4.10. The van der Waals surface area contributed by atoms with Crippen LogP contribution in [0.5, 0.6) is 0 Å². The molecule has 0 unspecified atom stereocenters. The van der Waals surface area contributed by atoms with Crippen LogP contribution in [0, 0.1) is 0 Å². The van der Waals surface area contributed by atoms with E-state index in [1.165, 1.54) is 10.8 Å². The molecule has 0 aliphatic carbocycles. The first-order valence-corrected chi connectivity index (χ1v) is 7.58. The Hall–Kier alpha value is -2.82. The number of benzene rings is 2. The van der Waals surface area contributed by atoms with E-state index >= 15 is 0 Å². The number of nitrogens with one attached hydrogen (secondary N) is 1. The second kappa shape index (κ2) is 6.12. The fraction of sp³-hybridized carbons (Fsp3) is 0.222. The van der Waals surface area contributed by atoms with Gasteiger partial charge in [0.05, 0.1) is 0 Å². The molecule has 2 aromatic rings. The lowest BCUT2D eigenvalue weighted by Crippen LogP contribution is -2.47. The Morgan fingerprint density at radius 2 is 1.91 bits per heavy atom. The van der Waals surface area contributed by atoms with Crippen molar-refractivity contribution in [1.29, 1.82) is 0 Å². The van der Waals surface area contributed by atoms with Crippen LogP contribution in [-0.4, -0.2) is 36.0 Å². The molecule has 0 bridgehead atoms. The molecule has 2 aromatic carbocycles. The maximum absolute atomic E-state index is 12.3. The minimum Gasteiger partial charge on any atom is -0.352 e. The van der Waals surface area contributed by atoms with E-state index in [2.05, 4.69) is 35.7 Å². The Labute approximate surface area is 134 Å². The van der Waals surface area contributed by atoms with E-state index in [4.69, 9.17) is 5.73 Å². The molecule has 118 valence electrons. The van der Waals surface area contributed by atoms with E-state index in [0.717, 1.165) is 11.1 Å². The van der Waals surface area contributed by atoms with E-state index in [0.29, 0.717) is 13.1 Å². The quantitative estimate of drug-likeness (QED) is 0.911. The van der Waals surface area contributed by atoms with Gasteiger partial charge >= 0.3 is 6.03 Å². The first kappa shape index (κ1) is 15.1. The Morgan fingerprint density at radius 3 is 2.70 bits per heavy atom. The van der Waals surface area contributed by atoms with Gasteiger partial charge in [-0.05, 0) is 28.8 Å². The van der Waals surface area contributed by atoms with E-state index < -0.39 is 12.1 Å². The van der Waals surface area contributed by atoms with Crippen molar-refractivity contribution in [2.75, 3.05) is 13.1 Å². The van der Waals surface area contributed by atoms with Crippen molar-refractivity contribution >= 4 is 28.3 Å². The molecule has 1 aliphatic rings. The molecular formula is C18H19N3O2. The summed E-state index contributed by atoms with van der Waals surface area (Å²) in [4.78, 5) is 25.0. The molecule has 0 radical (unpaired) electrons. The number of hydrogen-bond acceptors (Lipinski definition) is 2. The zero-order valence-corrected chi connectivity index (χ0v) is 13.0. The van der Waals surface area contributed by atoms with Crippen molar-refractivity contribution in [3.05, 3.63) is 54.1 Å². The number of carbonyl (C=O) groups is 2. The molecule has 0 saturated heterocycles. The van der Waals surface area contributed by atoms with Crippen LogP contribution in [0.1, 0.15) is 12.5 Å². The number of primary amides is 1. The van der Waals surface area contributed by atoms with Gasteiger partial charge < -0.3 is 16.0 Å². The highest BCUT2D eigenvalue weighted by Crippen LogP contribution is 2.28. The molecule has 0 spiro atoms. The molecule has 23 heavy (non-hydrogen) atoms. The monoisotopic (exact) mass is 309 g/mol. The highest BCUT2D eigenvalue weighted by Gasteiger charge is 2.25. The van der Waals surface area contributed by atoms with E-state index in [1.807, 2.05) is 18.2 Å². The highest BCUT2D eigenvalue weighted by atomic mass is 16.2. The summed E-state index contributed by atoms with van der Waals surface area (Å²) in [6.07, 6.45) is 2.07. The SMILES string of the molecule is C[C@H](NC(N)=O)C(=O)N1CC=C(c2cccc3ccccc23)C1. The number of hydrogen-bond donors (Lipinski definition) is 2. The summed E-state index contributed by atoms with van der Waals surface area (Å²) in [6.45, 7) is 2.72. The fourth-order valence-corrected chi connectivity index (χ4v) is 2.97. The molecular weight excluding hydrogens is 290 g/mol. The van der Waals surface area contributed by atoms with Crippen LogP contribution in [0.3, 0.4) is 0 Å². The summed E-state index contributed by atoms with van der Waals surface area (Å²) in [5.74, 6) is -0.129. The molecule has 3 N–H and O–H groups in total. The summed E-state index contributed by atoms with van der Waals surface area (Å²) < 4.78 is 0. The molecule has 5 nitrogen and oxygen atoms in total. The molecule has 0 saturated carbocycles. The largest absolute Gasteiger partial charge is 0.352 e. The normalized spacial score (nSPS) is 15.3. The van der Waals surface area contributed by atoms with Gasteiger partial charge in [-0.25, -0.2) is 4.79 Å². The summed E-state index contributed by atoms with van der Waals surface area (Å²) in [6, 6.07) is 13.1. The molecule has 1 atom stereocenters. The van der Waals surface area contributed by atoms with Crippen LogP contribution in [0.25, 0.3) is 16.3 Å². The van der Waals surface area contributed by atoms with Gasteiger partial charge in [0.15, 0.2) is 0 Å². The third kappa shape index (κ3) is 3.04. The number of nitrogens with zero attached hydrogens (tertiary/aromatic N) is 1. The zero-order chi connectivity index (χ0) is 16.4. The standard InChI is InChI=1S/C18H19N3O2/c1-12(20-18(19)23)17(22)21-10-9-14(11-21)16-8-4-6-13-5-2-3-7-15(13)16/h2-9,12H,10-11H2,1H3,(H3,19,20,23)/t12-/m0/s1. The van der Waals surface area contributed by atoms with Gasteiger partial charge in [-0.15, -0.1) is 0 Å². The topological polar surface area (TPSA) is 75.4 Å². The number of urea groups is 1. The van der Waals surface area contributed by atoms with Crippen LogP contribution in [-0.2, 0) is 4.79 Å². The zero-order valence-electron chi connectivity index (χ0n) is 13.0. The van der Waals surface area contributed by atoms with Crippen molar-refractivity contribution in [2.45, 2.75) is 13.0 Å². The van der Waals surface area contributed by atoms with Crippen molar-refractivity contribution in [1.82, 2.24) is 10.2 Å². The minimum atomic E-state index is -0.688. The average Bonchev–Trinajstić information content (AvgIpc) is 3.02. The molecule has 3 rings (SSSR count). The molecule has 1 heterocycles. The maximum atomic E-state index is 12.3. The van der Waals surface area contributed by atoms with Crippen LogP contribution in [0.2, 0.25) is 0 Å². The van der Waals surface area contributed by atoms with Gasteiger partial charge in [-0.2, -0.15) is 0 Å². The first-order chi connectivity index (χ1) is 11.1. The Kier molecular flexibility index (Phi) is 4.02. The van der Waals surface area contributed by atoms with Gasteiger partial charge in [-0.3, -0.25) is 4.79 Å². The van der Waals surface area contributed by atoms with Gasteiger partial charge in [0.25, 0.3) is 0 Å². The lowest BCUT2D eigenvalue weighted by atomic mass is 9.99. The van der Waals surface area contributed by atoms with E-state index in [9.17, 15) is 9.59 Å². The minimum absolute atomic E-state index is 0.129. The Balaban J connectivity index is 1.79. The molecule has 0 aromatic heterocycles. The molecule has 3 amide bonds. The van der Waals surface area contributed by atoms with Crippen molar-refractivity contribution in [2.24, 2.45) is 5.73 Å². The van der Waals surface area contributed by atoms with Crippen molar-refractivity contribution < 1.29 is 9.59 Å². The number of nitrogens with two attached hydrogens (primary N) is 1. The van der Waals surface area contributed by atoms with Gasteiger partial charge in [-0.1, -0.05) is 48.5 Å². The van der Waals surface area contributed by atoms with E-state index in [-0.39, 0.29) is 5.91 Å². The van der Waals surface area contributed by atoms with Gasteiger partial charge in [0, 0.05) is 13.1 Å². The molecule has 1 aliphatic heterocycles. The Bertz CT molecular complexity index is 792. The summed E-state index contributed by atoms with van der Waals surface area (Å²) in [5.41, 5.74) is 7.35. The van der Waals surface area contributed by atoms with Gasteiger partial charge in [0.2, 0.25) is 5.91 Å². The van der Waals surface area contributed by atoms with E-state index in [1.54, 1.807) is 11.8 Å². The number of rotatable bonds is 3. The molecule has 0 fully saturated rings. The van der Waals surface area contributed by atoms with Crippen LogP contribution < -0.4 is 11.1 Å². The average molecular weight is 309 g/mol. The highest BCUT2D eigenvalue weighted by molar-refractivity contribution is 5.96. The summed E-state index contributed by atoms with van der Waals surface area (Å²) in [7, 11) is 0. The van der Waals surface area contributed by atoms with Crippen LogP contribution >= 0.6 is 0 Å². The van der Waals surface area contributed by atoms with Gasteiger partial charge in [0.1, 0.15) is 6.04 Å². The second-order valence-corrected chi connectivity index (χ2v) is 5.71. The van der Waals surface area contributed by atoms with Crippen molar-refractivity contribution in [3.63, 3.8) is 0 Å². The number of amides is 3. The van der Waals surface area contributed by atoms with Crippen molar-refractivity contribution in [3.8, 4) is 0 Å². The Morgan fingerprint density at radius 1 is 1.17 bits per heavy atom. The number of fused-ring (bicyclic) bond motifs is 1. The number of carbonyl (C=O) groups excluding carboxylic acids is 2. The van der Waals surface area contributed by atoms with Crippen LogP contribution in [0.4, 0.5) is 4.79 Å². The smallest absolute Gasteiger partial charge is 0.312 e. The first-order valence-electron chi connectivity index (χ1n) is 7.58. The third-order valence-electron chi connectivity index (χ3n) is 4.10. The van der Waals surface area contributed by atoms with Crippen LogP contribution in [0.15, 0.2) is 48.5 Å². The predicted octanol–water partition coefficient (Wildman–Crippen LogP) is 2.12. The molecule has 5 heteroatoms. The summed E-state index contributed by atoms with van der Waals surface area (Å²) in [5, 5.41) is 4.79. The summed E-state index contributed by atoms with van der Waals surface area (Å²) >= 11 is 0. The second-order valence-electron chi connectivity index (χ2n) is 5.71. The lowest BCUT2D eigenvalue weighted by molar-refractivity contribution is -0.131. The maximum Gasteiger partial charge on any atom is 0.312 e. The fourth-order valence-electron chi connectivity index (χ4n) is 2.97. The predicted molar refractivity (Wildman–Crippen MR) is 90.7 cm³/mol. The lowest BCUT2D eigenvalue weighted by Gasteiger charge is -2.21.